The summed E-state index contributed by atoms with van der Waals surface area (Å²) in [5.41, 5.74) is 2.15. The lowest BCUT2D eigenvalue weighted by molar-refractivity contribution is 0.0195. The second-order valence-corrected chi connectivity index (χ2v) is 7.93. The van der Waals surface area contributed by atoms with Crippen molar-refractivity contribution in [2.75, 3.05) is 39.5 Å². The molecule has 1 saturated heterocycles. The van der Waals surface area contributed by atoms with E-state index >= 15 is 0 Å². The van der Waals surface area contributed by atoms with Gasteiger partial charge in [0.1, 0.15) is 6.61 Å². The number of carbonyl (C=O) groups is 2. The highest BCUT2D eigenvalue weighted by Gasteiger charge is 2.12. The SMILES string of the molecule is O=C(OCCN1CCOCC1)c1ccc(/C=C/C(=O)c2nc3ccccc3s2)cc1. The molecule has 1 fully saturated rings. The second-order valence-electron chi connectivity index (χ2n) is 6.90. The largest absolute Gasteiger partial charge is 0.461 e. The van der Waals surface area contributed by atoms with Crippen molar-refractivity contribution in [1.29, 1.82) is 0 Å². The van der Waals surface area contributed by atoms with Crippen LogP contribution in [0.3, 0.4) is 0 Å². The van der Waals surface area contributed by atoms with E-state index in [1.807, 2.05) is 24.3 Å². The Morgan fingerprint density at radius 1 is 1.10 bits per heavy atom. The lowest BCUT2D eigenvalue weighted by Crippen LogP contribution is -2.38. The summed E-state index contributed by atoms with van der Waals surface area (Å²) in [6, 6.07) is 14.7. The Morgan fingerprint density at radius 3 is 2.63 bits per heavy atom. The van der Waals surface area contributed by atoms with Gasteiger partial charge in [0.25, 0.3) is 0 Å². The number of carbonyl (C=O) groups excluding carboxylic acids is 2. The Bertz CT molecular complexity index is 1020. The van der Waals surface area contributed by atoms with E-state index in [2.05, 4.69) is 9.88 Å². The van der Waals surface area contributed by atoms with E-state index in [1.54, 1.807) is 30.3 Å². The van der Waals surface area contributed by atoms with Crippen LogP contribution in [-0.4, -0.2) is 61.1 Å². The fourth-order valence-corrected chi connectivity index (χ4v) is 4.01. The molecule has 2 heterocycles. The average molecular weight is 423 g/mol. The first-order chi connectivity index (χ1) is 14.7. The minimum atomic E-state index is -0.343. The van der Waals surface area contributed by atoms with E-state index in [0.29, 0.717) is 23.7 Å². The number of ether oxygens (including phenoxy) is 2. The molecule has 1 aliphatic rings. The summed E-state index contributed by atoms with van der Waals surface area (Å²) in [6.45, 7) is 4.26. The lowest BCUT2D eigenvalue weighted by atomic mass is 10.1. The maximum Gasteiger partial charge on any atom is 0.338 e. The summed E-state index contributed by atoms with van der Waals surface area (Å²) in [6.07, 6.45) is 3.23. The van der Waals surface area contributed by atoms with Crippen LogP contribution in [0, 0.1) is 0 Å². The van der Waals surface area contributed by atoms with Crippen LogP contribution in [0.25, 0.3) is 16.3 Å². The summed E-state index contributed by atoms with van der Waals surface area (Å²) in [5, 5.41) is 0.466. The maximum atomic E-state index is 12.4. The number of para-hydroxylation sites is 1. The number of rotatable bonds is 7. The minimum Gasteiger partial charge on any atom is -0.461 e. The van der Waals surface area contributed by atoms with Crippen molar-refractivity contribution in [1.82, 2.24) is 9.88 Å². The van der Waals surface area contributed by atoms with Gasteiger partial charge in [-0.25, -0.2) is 9.78 Å². The topological polar surface area (TPSA) is 68.7 Å². The quantitative estimate of drug-likeness (QED) is 0.329. The van der Waals surface area contributed by atoms with Crippen LogP contribution in [0.15, 0.2) is 54.6 Å². The third-order valence-electron chi connectivity index (χ3n) is 4.82. The van der Waals surface area contributed by atoms with Gasteiger partial charge in [0, 0.05) is 19.6 Å². The molecule has 6 nitrogen and oxygen atoms in total. The van der Waals surface area contributed by atoms with Gasteiger partial charge in [-0.1, -0.05) is 30.3 Å². The van der Waals surface area contributed by atoms with E-state index in [-0.39, 0.29) is 11.8 Å². The van der Waals surface area contributed by atoms with Crippen LogP contribution in [0.4, 0.5) is 0 Å². The number of esters is 1. The molecule has 1 aromatic heterocycles. The number of hydrogen-bond acceptors (Lipinski definition) is 7. The van der Waals surface area contributed by atoms with Crippen molar-refractivity contribution in [3.05, 3.63) is 70.7 Å². The molecule has 0 radical (unpaired) electrons. The third kappa shape index (κ3) is 5.18. The lowest BCUT2D eigenvalue weighted by Gasteiger charge is -2.26. The van der Waals surface area contributed by atoms with Crippen molar-refractivity contribution in [3.63, 3.8) is 0 Å². The number of nitrogens with zero attached hydrogens (tertiary/aromatic N) is 2. The van der Waals surface area contributed by atoms with Crippen LogP contribution in [0.1, 0.15) is 25.7 Å². The zero-order valence-corrected chi connectivity index (χ0v) is 17.3. The number of ketones is 1. The third-order valence-corrected chi connectivity index (χ3v) is 5.87. The first-order valence-corrected chi connectivity index (χ1v) is 10.7. The molecule has 0 aliphatic carbocycles. The van der Waals surface area contributed by atoms with Crippen molar-refractivity contribution in [2.45, 2.75) is 0 Å². The van der Waals surface area contributed by atoms with E-state index in [1.165, 1.54) is 17.4 Å². The molecule has 7 heteroatoms. The highest BCUT2D eigenvalue weighted by Crippen LogP contribution is 2.22. The van der Waals surface area contributed by atoms with Gasteiger partial charge in [0.05, 0.1) is 29.0 Å². The number of morpholine rings is 1. The molecule has 0 bridgehead atoms. The van der Waals surface area contributed by atoms with E-state index in [0.717, 1.165) is 42.1 Å². The van der Waals surface area contributed by atoms with Gasteiger partial charge < -0.3 is 9.47 Å². The number of allylic oxidation sites excluding steroid dienone is 1. The van der Waals surface area contributed by atoms with Crippen LogP contribution >= 0.6 is 11.3 Å². The predicted octanol–water partition coefficient (Wildman–Crippen LogP) is 3.68. The molecule has 3 aromatic rings. The molecule has 30 heavy (non-hydrogen) atoms. The van der Waals surface area contributed by atoms with E-state index in [4.69, 9.17) is 9.47 Å². The summed E-state index contributed by atoms with van der Waals surface area (Å²) in [7, 11) is 0. The average Bonchev–Trinajstić information content (AvgIpc) is 3.23. The highest BCUT2D eigenvalue weighted by atomic mass is 32.1. The molecule has 0 amide bonds. The molecule has 2 aromatic carbocycles. The first-order valence-electron chi connectivity index (χ1n) is 9.84. The molecular formula is C23H22N2O4S. The standard InChI is InChI=1S/C23H22N2O4S/c26-20(22-24-19-3-1-2-4-21(19)30-22)10-7-17-5-8-18(9-6-17)23(27)29-16-13-25-11-14-28-15-12-25/h1-10H,11-16H2/b10-7+. The van der Waals surface area contributed by atoms with Gasteiger partial charge in [0.2, 0.25) is 5.78 Å². The number of hydrogen-bond donors (Lipinski definition) is 0. The molecule has 0 atom stereocenters. The number of thiazole rings is 1. The van der Waals surface area contributed by atoms with Gasteiger partial charge in [-0.3, -0.25) is 9.69 Å². The van der Waals surface area contributed by atoms with E-state index in [9.17, 15) is 9.59 Å². The van der Waals surface area contributed by atoms with Gasteiger partial charge in [-0.05, 0) is 35.9 Å². The highest BCUT2D eigenvalue weighted by molar-refractivity contribution is 7.20. The van der Waals surface area contributed by atoms with Crippen LogP contribution < -0.4 is 0 Å². The molecule has 1 aliphatic heterocycles. The number of fused-ring (bicyclic) bond motifs is 1. The first kappa shape index (κ1) is 20.4. The van der Waals surface area contributed by atoms with Crippen molar-refractivity contribution >= 4 is 39.4 Å². The zero-order chi connectivity index (χ0) is 20.8. The molecule has 4 rings (SSSR count). The van der Waals surface area contributed by atoms with Gasteiger partial charge in [-0.2, -0.15) is 0 Å². The van der Waals surface area contributed by atoms with Crippen LogP contribution in [0.2, 0.25) is 0 Å². The predicted molar refractivity (Wildman–Crippen MR) is 117 cm³/mol. The van der Waals surface area contributed by atoms with Gasteiger partial charge in [-0.15, -0.1) is 11.3 Å². The monoisotopic (exact) mass is 422 g/mol. The Kier molecular flexibility index (Phi) is 6.63. The molecule has 0 N–H and O–H groups in total. The van der Waals surface area contributed by atoms with Gasteiger partial charge in [0.15, 0.2) is 5.01 Å². The molecule has 0 saturated carbocycles. The van der Waals surface area contributed by atoms with Crippen molar-refractivity contribution in [3.8, 4) is 0 Å². The Hall–Kier alpha value is -2.87. The summed E-state index contributed by atoms with van der Waals surface area (Å²) >= 11 is 1.38. The van der Waals surface area contributed by atoms with Crippen LogP contribution in [0.5, 0.6) is 0 Å². The normalized spacial score (nSPS) is 14.9. The molecule has 154 valence electrons. The Balaban J connectivity index is 1.30. The molecule has 0 unspecified atom stereocenters. The number of aromatic nitrogens is 1. The number of benzene rings is 2. The van der Waals surface area contributed by atoms with Gasteiger partial charge >= 0.3 is 5.97 Å². The Labute approximate surface area is 178 Å². The van der Waals surface area contributed by atoms with Crippen LogP contribution in [-0.2, 0) is 9.47 Å². The summed E-state index contributed by atoms with van der Waals surface area (Å²) in [5.74, 6) is -0.480. The van der Waals surface area contributed by atoms with Crippen molar-refractivity contribution in [2.24, 2.45) is 0 Å². The maximum absolute atomic E-state index is 12.4. The molecular weight excluding hydrogens is 400 g/mol. The van der Waals surface area contributed by atoms with E-state index < -0.39 is 0 Å². The zero-order valence-electron chi connectivity index (χ0n) is 16.5. The Morgan fingerprint density at radius 2 is 1.87 bits per heavy atom. The minimum absolute atomic E-state index is 0.136. The summed E-state index contributed by atoms with van der Waals surface area (Å²) < 4.78 is 11.6. The second kappa shape index (κ2) is 9.75. The molecule has 0 spiro atoms. The van der Waals surface area contributed by atoms with Crippen molar-refractivity contribution < 1.29 is 19.1 Å². The summed E-state index contributed by atoms with van der Waals surface area (Å²) in [4.78, 5) is 31.2. The smallest absolute Gasteiger partial charge is 0.338 e. The fourth-order valence-electron chi connectivity index (χ4n) is 3.13. The fraction of sp³-hybridized carbons (Fsp3) is 0.261.